The Kier molecular flexibility index (Phi) is 14.7. The third-order valence-corrected chi connectivity index (χ3v) is 8.47. The van der Waals surface area contributed by atoms with Crippen molar-refractivity contribution in [1.29, 1.82) is 0 Å². The second kappa shape index (κ2) is 15.7. The minimum atomic E-state index is 0.266. The number of nitrogens with zero attached hydrogens (tertiary/aromatic N) is 2. The van der Waals surface area contributed by atoms with E-state index in [4.69, 9.17) is 4.98 Å². The van der Waals surface area contributed by atoms with Crippen LogP contribution in [0, 0.1) is 0 Å². The summed E-state index contributed by atoms with van der Waals surface area (Å²) < 4.78 is 0.533. The van der Waals surface area contributed by atoms with Crippen LogP contribution >= 0.6 is 55.4 Å². The maximum atomic E-state index is 4.72. The Hall–Kier alpha value is -0.120. The fourth-order valence-corrected chi connectivity index (χ4v) is 3.65. The van der Waals surface area contributed by atoms with Crippen LogP contribution in [0.1, 0.15) is 50.5 Å². The van der Waals surface area contributed by atoms with E-state index in [1.54, 1.807) is 0 Å². The van der Waals surface area contributed by atoms with Gasteiger partial charge >= 0.3 is 0 Å². The number of thioether (sulfide) groups is 2. The smallest absolute Gasteiger partial charge is 0.0545 e. The lowest BCUT2D eigenvalue weighted by Gasteiger charge is -2.22. The molecule has 0 radical (unpaired) electrons. The summed E-state index contributed by atoms with van der Waals surface area (Å²) in [4.78, 5) is 9.04. The number of pyridine rings is 2. The van der Waals surface area contributed by atoms with Crippen LogP contribution in [0.3, 0.4) is 0 Å². The summed E-state index contributed by atoms with van der Waals surface area (Å²) in [5.41, 5.74) is 4.38. The number of alkyl halides is 2. The highest BCUT2D eigenvalue weighted by Gasteiger charge is 2.16. The molecule has 0 spiro atoms. The Bertz CT molecular complexity index is 732. The van der Waals surface area contributed by atoms with Crippen molar-refractivity contribution in [2.45, 2.75) is 60.9 Å². The predicted octanol–water partition coefficient (Wildman–Crippen LogP) is 6.42. The first-order valence-electron chi connectivity index (χ1n) is 10.7. The van der Waals surface area contributed by atoms with Gasteiger partial charge in [-0.1, -0.05) is 44.0 Å². The van der Waals surface area contributed by atoms with Crippen molar-refractivity contribution < 1.29 is 0 Å². The van der Waals surface area contributed by atoms with E-state index < -0.39 is 0 Å². The van der Waals surface area contributed by atoms with E-state index in [1.165, 1.54) is 0 Å². The average Bonchev–Trinajstić information content (AvgIpc) is 2.79. The van der Waals surface area contributed by atoms with Crippen molar-refractivity contribution in [3.8, 4) is 0 Å². The van der Waals surface area contributed by atoms with Crippen LogP contribution in [0.15, 0.2) is 36.4 Å². The fraction of sp³-hybridized carbons (Fsp3) is 0.583. The standard InChI is InChI=1S/C17H31N3S2.C7H7Br2N/c1-16(2,21-5)12-18-10-14-8-7-9-15(20-14)11-19-13-17(3,4)22-6;8-4-6-2-1-3-7(5-9)10-6/h7-9,18-19H,10-13H2,1-6H3;1-3H,4-5H2. The molecule has 8 heteroatoms. The lowest BCUT2D eigenvalue weighted by molar-refractivity contribution is 0.574. The van der Waals surface area contributed by atoms with E-state index in [-0.39, 0.29) is 9.49 Å². The summed E-state index contributed by atoms with van der Waals surface area (Å²) in [5, 5.41) is 8.66. The zero-order valence-electron chi connectivity index (χ0n) is 20.2. The molecule has 0 saturated heterocycles. The maximum absolute atomic E-state index is 4.72. The lowest BCUT2D eigenvalue weighted by Crippen LogP contribution is -2.32. The molecule has 32 heavy (non-hydrogen) atoms. The van der Waals surface area contributed by atoms with Gasteiger partial charge in [-0.15, -0.1) is 0 Å². The van der Waals surface area contributed by atoms with Crippen molar-refractivity contribution >= 4 is 55.4 Å². The second-order valence-electron chi connectivity index (χ2n) is 8.64. The molecular weight excluding hydrogens is 568 g/mol. The van der Waals surface area contributed by atoms with Gasteiger partial charge in [-0.25, -0.2) is 0 Å². The minimum Gasteiger partial charge on any atom is -0.310 e. The third-order valence-electron chi connectivity index (χ3n) is 4.82. The normalized spacial score (nSPS) is 11.8. The van der Waals surface area contributed by atoms with E-state index in [9.17, 15) is 0 Å². The summed E-state index contributed by atoms with van der Waals surface area (Å²) in [6.45, 7) is 12.7. The lowest BCUT2D eigenvalue weighted by atomic mass is 10.2. The minimum absolute atomic E-state index is 0.266. The molecule has 0 amide bonds. The quantitative estimate of drug-likeness (QED) is 0.272. The van der Waals surface area contributed by atoms with Gasteiger partial charge in [0.15, 0.2) is 0 Å². The van der Waals surface area contributed by atoms with E-state index in [1.807, 2.05) is 41.7 Å². The van der Waals surface area contributed by atoms with Gasteiger partial charge in [0.25, 0.3) is 0 Å². The number of hydrogen-bond acceptors (Lipinski definition) is 6. The summed E-state index contributed by atoms with van der Waals surface area (Å²) in [7, 11) is 0. The van der Waals surface area contributed by atoms with Crippen molar-refractivity contribution in [2.75, 3.05) is 25.6 Å². The third kappa shape index (κ3) is 12.9. The first-order valence-corrected chi connectivity index (χ1v) is 15.4. The first-order chi connectivity index (χ1) is 15.1. The molecule has 0 fully saturated rings. The molecule has 2 rings (SSSR count). The molecule has 0 aliphatic carbocycles. The van der Waals surface area contributed by atoms with Gasteiger partial charge in [0.2, 0.25) is 0 Å². The Morgan fingerprint density at radius 3 is 1.38 bits per heavy atom. The topological polar surface area (TPSA) is 49.8 Å². The Labute approximate surface area is 220 Å². The van der Waals surface area contributed by atoms with Crippen LogP contribution < -0.4 is 10.6 Å². The van der Waals surface area contributed by atoms with Crippen LogP contribution in [0.4, 0.5) is 0 Å². The zero-order chi connectivity index (χ0) is 24.0. The Morgan fingerprint density at radius 2 is 1.03 bits per heavy atom. The second-order valence-corrected chi connectivity index (χ2v) is 12.8. The van der Waals surface area contributed by atoms with Gasteiger partial charge in [-0.2, -0.15) is 23.5 Å². The predicted molar refractivity (Wildman–Crippen MR) is 152 cm³/mol. The molecule has 0 aliphatic rings. The summed E-state index contributed by atoms with van der Waals surface area (Å²) in [6, 6.07) is 12.3. The summed E-state index contributed by atoms with van der Waals surface area (Å²) in [6.07, 6.45) is 4.31. The maximum Gasteiger partial charge on any atom is 0.0545 e. The van der Waals surface area contributed by atoms with Gasteiger partial charge in [-0.3, -0.25) is 9.97 Å². The fourth-order valence-electron chi connectivity index (χ4n) is 2.53. The zero-order valence-corrected chi connectivity index (χ0v) is 25.0. The van der Waals surface area contributed by atoms with E-state index in [2.05, 4.69) is 106 Å². The van der Waals surface area contributed by atoms with E-state index in [0.29, 0.717) is 0 Å². The molecule has 0 aromatic carbocycles. The molecule has 0 unspecified atom stereocenters. The summed E-state index contributed by atoms with van der Waals surface area (Å²) in [5.74, 6) is 0. The van der Waals surface area contributed by atoms with Gasteiger partial charge in [0, 0.05) is 46.3 Å². The van der Waals surface area contributed by atoms with Gasteiger partial charge in [0.05, 0.1) is 22.8 Å². The van der Waals surface area contributed by atoms with Crippen molar-refractivity contribution in [2.24, 2.45) is 0 Å². The highest BCUT2D eigenvalue weighted by Crippen LogP contribution is 2.20. The van der Waals surface area contributed by atoms with Crippen molar-refractivity contribution in [3.05, 3.63) is 59.2 Å². The molecule has 0 aliphatic heterocycles. The van der Waals surface area contributed by atoms with Crippen LogP contribution in [0.2, 0.25) is 0 Å². The SMILES string of the molecule is BrCc1cccc(CBr)n1.CSC(C)(C)CNCc1cccc(CNCC(C)(C)SC)n1. The molecule has 0 saturated carbocycles. The highest BCUT2D eigenvalue weighted by molar-refractivity contribution is 9.08. The molecule has 2 aromatic rings. The van der Waals surface area contributed by atoms with Crippen LogP contribution in [0.5, 0.6) is 0 Å². The average molecular weight is 607 g/mol. The largest absolute Gasteiger partial charge is 0.310 e. The molecule has 4 nitrogen and oxygen atoms in total. The highest BCUT2D eigenvalue weighted by atomic mass is 79.9. The Morgan fingerprint density at radius 1 is 0.688 bits per heavy atom. The molecule has 2 heterocycles. The van der Waals surface area contributed by atoms with Gasteiger partial charge in [-0.05, 0) is 64.5 Å². The number of aromatic nitrogens is 2. The van der Waals surface area contributed by atoms with Gasteiger partial charge < -0.3 is 10.6 Å². The molecule has 2 N–H and O–H groups in total. The number of nitrogens with one attached hydrogen (secondary N) is 2. The molecular formula is C24H38Br2N4S2. The molecule has 180 valence electrons. The van der Waals surface area contributed by atoms with Crippen LogP contribution in [-0.2, 0) is 23.7 Å². The van der Waals surface area contributed by atoms with E-state index in [0.717, 1.165) is 59.6 Å². The molecule has 0 bridgehead atoms. The van der Waals surface area contributed by atoms with E-state index >= 15 is 0 Å². The number of hydrogen-bond donors (Lipinski definition) is 2. The van der Waals surface area contributed by atoms with Crippen LogP contribution in [0.25, 0.3) is 0 Å². The number of rotatable bonds is 12. The monoisotopic (exact) mass is 604 g/mol. The van der Waals surface area contributed by atoms with Crippen molar-refractivity contribution in [3.63, 3.8) is 0 Å². The number of halogens is 2. The first kappa shape index (κ1) is 29.9. The molecule has 0 atom stereocenters. The molecule has 2 aromatic heterocycles. The van der Waals surface area contributed by atoms with Crippen molar-refractivity contribution in [1.82, 2.24) is 20.6 Å². The van der Waals surface area contributed by atoms with Crippen LogP contribution in [-0.4, -0.2) is 45.1 Å². The Balaban J connectivity index is 0.000000425. The van der Waals surface area contributed by atoms with Gasteiger partial charge in [0.1, 0.15) is 0 Å². The summed E-state index contributed by atoms with van der Waals surface area (Å²) >= 11 is 10.5.